The van der Waals surface area contributed by atoms with Gasteiger partial charge in [0, 0.05) is 0 Å². The van der Waals surface area contributed by atoms with Gasteiger partial charge in [-0.25, -0.2) is 0 Å². The fourth-order valence-electron chi connectivity index (χ4n) is 4.51. The molecule has 0 N–H and O–H groups in total. The van der Waals surface area contributed by atoms with Crippen LogP contribution in [0.2, 0.25) is 0 Å². The maximum absolute atomic E-state index is 2.58. The zero-order chi connectivity index (χ0) is 12.0. The second-order valence-corrected chi connectivity index (χ2v) is 6.96. The summed E-state index contributed by atoms with van der Waals surface area (Å²) in [5.74, 6) is 3.63. The van der Waals surface area contributed by atoms with Crippen molar-refractivity contribution in [3.8, 4) is 0 Å². The molecule has 94 valence electrons. The number of allylic oxidation sites excluding steroid dienone is 4. The van der Waals surface area contributed by atoms with E-state index in [0.29, 0.717) is 5.41 Å². The van der Waals surface area contributed by atoms with Crippen molar-refractivity contribution in [1.29, 1.82) is 0 Å². The zero-order valence-electron chi connectivity index (χ0n) is 11.6. The molecule has 0 aliphatic heterocycles. The molecule has 5 atom stereocenters. The van der Waals surface area contributed by atoms with Crippen molar-refractivity contribution >= 4 is 0 Å². The standard InChI is InChI=1S/C17H26/c1-4-17(3)9-8-13-6-5-7-14-10-12(2)15(11-17)16(13)14/h7-9,12-13,15-16H,4-6,10-11H2,1-3H3. The van der Waals surface area contributed by atoms with Crippen LogP contribution in [0.4, 0.5) is 0 Å². The Bertz CT molecular complexity index is 362. The number of rotatable bonds is 1. The Morgan fingerprint density at radius 1 is 1.41 bits per heavy atom. The molecule has 0 saturated heterocycles. The monoisotopic (exact) mass is 230 g/mol. The zero-order valence-corrected chi connectivity index (χ0v) is 11.6. The molecule has 0 aromatic carbocycles. The molecule has 3 rings (SSSR count). The molecule has 0 aromatic heterocycles. The average molecular weight is 230 g/mol. The first-order valence-electron chi connectivity index (χ1n) is 7.51. The molecule has 0 amide bonds. The van der Waals surface area contributed by atoms with Crippen LogP contribution in [0.25, 0.3) is 0 Å². The van der Waals surface area contributed by atoms with Gasteiger partial charge in [0.1, 0.15) is 0 Å². The van der Waals surface area contributed by atoms with Crippen molar-refractivity contribution < 1.29 is 0 Å². The normalized spacial score (nSPS) is 48.5. The van der Waals surface area contributed by atoms with E-state index < -0.39 is 0 Å². The largest absolute Gasteiger partial charge is 0.0850 e. The summed E-state index contributed by atoms with van der Waals surface area (Å²) in [6.07, 6.45) is 14.5. The van der Waals surface area contributed by atoms with Gasteiger partial charge in [-0.05, 0) is 61.2 Å². The predicted molar refractivity (Wildman–Crippen MR) is 73.7 cm³/mol. The smallest absolute Gasteiger partial charge is 0.0109 e. The van der Waals surface area contributed by atoms with Crippen molar-refractivity contribution in [2.45, 2.75) is 52.9 Å². The van der Waals surface area contributed by atoms with Crippen LogP contribution >= 0.6 is 0 Å². The van der Waals surface area contributed by atoms with Crippen LogP contribution < -0.4 is 0 Å². The van der Waals surface area contributed by atoms with Crippen molar-refractivity contribution in [3.05, 3.63) is 23.8 Å². The minimum absolute atomic E-state index is 0.464. The predicted octanol–water partition coefficient (Wildman–Crippen LogP) is 4.97. The second kappa shape index (κ2) is 4.00. The first-order chi connectivity index (χ1) is 8.13. The van der Waals surface area contributed by atoms with Crippen molar-refractivity contribution in [1.82, 2.24) is 0 Å². The van der Waals surface area contributed by atoms with Crippen LogP contribution in [-0.2, 0) is 0 Å². The highest BCUT2D eigenvalue weighted by Crippen LogP contribution is 2.55. The van der Waals surface area contributed by atoms with Gasteiger partial charge < -0.3 is 0 Å². The molecule has 3 aliphatic rings. The molecule has 5 unspecified atom stereocenters. The highest BCUT2D eigenvalue weighted by molar-refractivity contribution is 5.24. The quantitative estimate of drug-likeness (QED) is 0.558. The van der Waals surface area contributed by atoms with Crippen LogP contribution in [0.15, 0.2) is 23.8 Å². The third kappa shape index (κ3) is 1.80. The fraction of sp³-hybridized carbons (Fsp3) is 0.765. The van der Waals surface area contributed by atoms with Gasteiger partial charge in [-0.15, -0.1) is 0 Å². The lowest BCUT2D eigenvalue weighted by Gasteiger charge is -2.33. The van der Waals surface area contributed by atoms with E-state index in [1.165, 1.54) is 32.1 Å². The molecule has 0 aromatic rings. The van der Waals surface area contributed by atoms with E-state index in [1.54, 1.807) is 0 Å². The molecule has 17 heavy (non-hydrogen) atoms. The van der Waals surface area contributed by atoms with Crippen molar-refractivity contribution in [2.24, 2.45) is 29.1 Å². The van der Waals surface area contributed by atoms with E-state index in [4.69, 9.17) is 0 Å². The molecular weight excluding hydrogens is 204 g/mol. The molecule has 3 aliphatic carbocycles. The summed E-state index contributed by atoms with van der Waals surface area (Å²) in [4.78, 5) is 0. The van der Waals surface area contributed by atoms with E-state index in [-0.39, 0.29) is 0 Å². The van der Waals surface area contributed by atoms with E-state index in [0.717, 1.165) is 23.7 Å². The van der Waals surface area contributed by atoms with Gasteiger partial charge in [-0.1, -0.05) is 44.6 Å². The van der Waals surface area contributed by atoms with Gasteiger partial charge in [-0.2, -0.15) is 0 Å². The summed E-state index contributed by atoms with van der Waals surface area (Å²) in [7, 11) is 0. The Morgan fingerprint density at radius 3 is 3.00 bits per heavy atom. The maximum atomic E-state index is 2.58. The van der Waals surface area contributed by atoms with Crippen LogP contribution in [0.3, 0.4) is 0 Å². The lowest BCUT2D eigenvalue weighted by molar-refractivity contribution is 0.205. The topological polar surface area (TPSA) is 0 Å². The molecule has 0 nitrogen and oxygen atoms in total. The minimum atomic E-state index is 0.464. The average Bonchev–Trinajstić information content (AvgIpc) is 2.55. The van der Waals surface area contributed by atoms with Crippen molar-refractivity contribution in [2.75, 3.05) is 0 Å². The number of hydrogen-bond donors (Lipinski definition) is 0. The van der Waals surface area contributed by atoms with Gasteiger partial charge in [0.25, 0.3) is 0 Å². The van der Waals surface area contributed by atoms with Crippen LogP contribution in [-0.4, -0.2) is 0 Å². The molecule has 0 spiro atoms. The Balaban J connectivity index is 1.98. The fourth-order valence-corrected chi connectivity index (χ4v) is 4.51. The maximum Gasteiger partial charge on any atom is -0.0109 e. The molecule has 1 fully saturated rings. The minimum Gasteiger partial charge on any atom is -0.0850 e. The first-order valence-corrected chi connectivity index (χ1v) is 7.51. The molecular formula is C17H26. The Labute approximate surface area is 106 Å². The van der Waals surface area contributed by atoms with E-state index in [1.807, 2.05) is 5.57 Å². The number of hydrogen-bond acceptors (Lipinski definition) is 0. The van der Waals surface area contributed by atoms with E-state index in [9.17, 15) is 0 Å². The van der Waals surface area contributed by atoms with Gasteiger partial charge in [0.05, 0.1) is 0 Å². The van der Waals surface area contributed by atoms with Gasteiger partial charge >= 0.3 is 0 Å². The second-order valence-electron chi connectivity index (χ2n) is 6.96. The SMILES string of the molecule is CCC1(C)C=CC2CCC=C3CC(C)C(C1)C32. The molecule has 0 radical (unpaired) electrons. The Hall–Kier alpha value is -0.520. The Kier molecular flexibility index (Phi) is 2.72. The van der Waals surface area contributed by atoms with Gasteiger partial charge in [-0.3, -0.25) is 0 Å². The highest BCUT2D eigenvalue weighted by atomic mass is 14.5. The van der Waals surface area contributed by atoms with Crippen LogP contribution in [0.1, 0.15) is 52.9 Å². The van der Waals surface area contributed by atoms with Gasteiger partial charge in [0.2, 0.25) is 0 Å². The van der Waals surface area contributed by atoms with Gasteiger partial charge in [0.15, 0.2) is 0 Å². The van der Waals surface area contributed by atoms with Crippen LogP contribution in [0, 0.1) is 29.1 Å². The molecule has 0 heterocycles. The molecule has 0 heteroatoms. The summed E-state index contributed by atoms with van der Waals surface area (Å²) >= 11 is 0. The summed E-state index contributed by atoms with van der Waals surface area (Å²) in [5.41, 5.74) is 2.27. The third-order valence-corrected chi connectivity index (χ3v) is 5.80. The summed E-state index contributed by atoms with van der Waals surface area (Å²) < 4.78 is 0. The van der Waals surface area contributed by atoms with Crippen molar-refractivity contribution in [3.63, 3.8) is 0 Å². The summed E-state index contributed by atoms with van der Waals surface area (Å²) in [5, 5.41) is 0. The lowest BCUT2D eigenvalue weighted by Crippen LogP contribution is -2.25. The third-order valence-electron chi connectivity index (χ3n) is 5.80. The highest BCUT2D eigenvalue weighted by Gasteiger charge is 2.45. The Morgan fingerprint density at radius 2 is 2.24 bits per heavy atom. The van der Waals surface area contributed by atoms with Crippen LogP contribution in [0.5, 0.6) is 0 Å². The first kappa shape index (κ1) is 11.6. The summed E-state index contributed by atoms with van der Waals surface area (Å²) in [6, 6.07) is 0. The van der Waals surface area contributed by atoms with E-state index in [2.05, 4.69) is 39.0 Å². The van der Waals surface area contributed by atoms with E-state index >= 15 is 0 Å². The lowest BCUT2D eigenvalue weighted by atomic mass is 9.71. The summed E-state index contributed by atoms with van der Waals surface area (Å²) in [6.45, 7) is 7.31. The molecule has 0 bridgehead atoms. The molecule has 1 saturated carbocycles.